The van der Waals surface area contributed by atoms with Gasteiger partial charge in [0.2, 0.25) is 0 Å². The molecular weight excluding hydrogens is 286 g/mol. The lowest BCUT2D eigenvalue weighted by Crippen LogP contribution is -2.38. The zero-order valence-electron chi connectivity index (χ0n) is 12.9. The molecule has 1 aliphatic rings. The van der Waals surface area contributed by atoms with Crippen molar-refractivity contribution in [1.82, 2.24) is 19.6 Å². The molecule has 0 aromatic carbocycles. The molecule has 1 aliphatic carbocycles. The Kier molecular flexibility index (Phi) is 4.02. The van der Waals surface area contributed by atoms with Crippen molar-refractivity contribution in [3.8, 4) is 0 Å². The Morgan fingerprint density at radius 3 is 2.76 bits per heavy atom. The van der Waals surface area contributed by atoms with E-state index in [1.807, 2.05) is 11.4 Å². The quantitative estimate of drug-likeness (QED) is 0.811. The number of rotatable bonds is 4. The molecule has 6 heteroatoms. The lowest BCUT2D eigenvalue weighted by molar-refractivity contribution is 0.525. The van der Waals surface area contributed by atoms with Gasteiger partial charge in [0.25, 0.3) is 5.78 Å². The van der Waals surface area contributed by atoms with Gasteiger partial charge in [-0.25, -0.2) is 0 Å². The lowest BCUT2D eigenvalue weighted by atomic mass is 10.1. The Balaban J connectivity index is 2.13. The molecule has 21 heavy (non-hydrogen) atoms. The van der Waals surface area contributed by atoms with Crippen molar-refractivity contribution in [2.24, 2.45) is 5.92 Å². The highest BCUT2D eigenvalue weighted by Crippen LogP contribution is 2.33. The summed E-state index contributed by atoms with van der Waals surface area (Å²) in [4.78, 5) is 11.0. The molecule has 3 rings (SSSR count). The van der Waals surface area contributed by atoms with Gasteiger partial charge in [0.1, 0.15) is 17.3 Å². The van der Waals surface area contributed by atoms with Crippen LogP contribution in [0, 0.1) is 12.8 Å². The van der Waals surface area contributed by atoms with Gasteiger partial charge in [-0.1, -0.05) is 38.3 Å². The first-order valence-electron chi connectivity index (χ1n) is 7.70. The van der Waals surface area contributed by atoms with Gasteiger partial charge < -0.3 is 4.90 Å². The molecular formula is C15H22ClN5. The van der Waals surface area contributed by atoms with E-state index in [2.05, 4.69) is 33.8 Å². The number of fused-ring (bicyclic) bond motifs is 1. The first-order valence-corrected chi connectivity index (χ1v) is 8.08. The van der Waals surface area contributed by atoms with E-state index in [4.69, 9.17) is 11.6 Å². The van der Waals surface area contributed by atoms with E-state index in [1.165, 1.54) is 25.7 Å². The standard InChI is InChI=1S/C15H22ClN5/c1-10(2)8-20(12-6-4-5-7-12)14-11(3)13(16)19-15-17-9-18-21(14)15/h9-10,12H,4-8H2,1-3H3. The van der Waals surface area contributed by atoms with Gasteiger partial charge in [0, 0.05) is 18.2 Å². The number of hydrogen-bond acceptors (Lipinski definition) is 4. The van der Waals surface area contributed by atoms with Crippen molar-refractivity contribution in [3.05, 3.63) is 17.0 Å². The van der Waals surface area contributed by atoms with Crippen molar-refractivity contribution in [2.45, 2.75) is 52.5 Å². The van der Waals surface area contributed by atoms with E-state index in [-0.39, 0.29) is 0 Å². The van der Waals surface area contributed by atoms with Crippen LogP contribution in [0.1, 0.15) is 45.1 Å². The van der Waals surface area contributed by atoms with E-state index in [0.29, 0.717) is 22.9 Å². The number of hydrogen-bond donors (Lipinski definition) is 0. The highest BCUT2D eigenvalue weighted by atomic mass is 35.5. The Bertz CT molecular complexity index is 630. The van der Waals surface area contributed by atoms with Crippen molar-refractivity contribution in [2.75, 3.05) is 11.4 Å². The normalized spacial score (nSPS) is 16.2. The van der Waals surface area contributed by atoms with Crippen LogP contribution in [0.25, 0.3) is 5.78 Å². The van der Waals surface area contributed by atoms with Gasteiger partial charge in [-0.15, -0.1) is 0 Å². The first-order chi connectivity index (χ1) is 10.1. The number of anilines is 1. The van der Waals surface area contributed by atoms with E-state index in [0.717, 1.165) is 17.9 Å². The summed E-state index contributed by atoms with van der Waals surface area (Å²) in [6.45, 7) is 7.52. The monoisotopic (exact) mass is 307 g/mol. The Morgan fingerprint density at radius 2 is 2.10 bits per heavy atom. The maximum Gasteiger partial charge on any atom is 0.255 e. The summed E-state index contributed by atoms with van der Waals surface area (Å²) in [5, 5.41) is 4.89. The zero-order chi connectivity index (χ0) is 15.0. The molecule has 0 amide bonds. The predicted molar refractivity (Wildman–Crippen MR) is 85.0 cm³/mol. The predicted octanol–water partition coefficient (Wildman–Crippen LogP) is 3.49. The lowest BCUT2D eigenvalue weighted by Gasteiger charge is -2.33. The number of halogens is 1. The Labute approximate surface area is 130 Å². The Morgan fingerprint density at radius 1 is 1.38 bits per heavy atom. The molecule has 0 aliphatic heterocycles. The molecule has 0 unspecified atom stereocenters. The molecule has 1 saturated carbocycles. The van der Waals surface area contributed by atoms with Crippen LogP contribution in [-0.4, -0.2) is 32.2 Å². The van der Waals surface area contributed by atoms with Crippen LogP contribution in [-0.2, 0) is 0 Å². The van der Waals surface area contributed by atoms with E-state index in [1.54, 1.807) is 6.33 Å². The summed E-state index contributed by atoms with van der Waals surface area (Å²) in [5.74, 6) is 2.21. The number of aromatic nitrogens is 4. The fourth-order valence-electron chi connectivity index (χ4n) is 3.24. The molecule has 0 spiro atoms. The summed E-state index contributed by atoms with van der Waals surface area (Å²) in [6, 6.07) is 0.567. The number of nitrogens with zero attached hydrogens (tertiary/aromatic N) is 5. The maximum absolute atomic E-state index is 6.32. The molecule has 0 saturated heterocycles. The molecule has 0 bridgehead atoms. The van der Waals surface area contributed by atoms with E-state index >= 15 is 0 Å². The second kappa shape index (κ2) is 5.79. The van der Waals surface area contributed by atoms with Crippen LogP contribution < -0.4 is 4.90 Å². The summed E-state index contributed by atoms with van der Waals surface area (Å²) < 4.78 is 1.84. The minimum atomic E-state index is 0.525. The van der Waals surface area contributed by atoms with Crippen LogP contribution in [0.3, 0.4) is 0 Å². The molecule has 0 N–H and O–H groups in total. The second-order valence-electron chi connectivity index (χ2n) is 6.31. The molecule has 2 aromatic heterocycles. The van der Waals surface area contributed by atoms with Gasteiger partial charge >= 0.3 is 0 Å². The fourth-order valence-corrected chi connectivity index (χ4v) is 3.40. The van der Waals surface area contributed by atoms with Gasteiger partial charge in [-0.3, -0.25) is 0 Å². The van der Waals surface area contributed by atoms with Crippen LogP contribution in [0.5, 0.6) is 0 Å². The molecule has 114 valence electrons. The van der Waals surface area contributed by atoms with Gasteiger partial charge in [0.15, 0.2) is 0 Å². The summed E-state index contributed by atoms with van der Waals surface area (Å²) >= 11 is 6.32. The van der Waals surface area contributed by atoms with Crippen LogP contribution in [0.4, 0.5) is 5.82 Å². The maximum atomic E-state index is 6.32. The smallest absolute Gasteiger partial charge is 0.255 e. The summed E-state index contributed by atoms with van der Waals surface area (Å²) in [6.07, 6.45) is 6.63. The average molecular weight is 308 g/mol. The van der Waals surface area contributed by atoms with Crippen molar-refractivity contribution >= 4 is 23.2 Å². The molecule has 0 atom stereocenters. The van der Waals surface area contributed by atoms with Crippen molar-refractivity contribution in [1.29, 1.82) is 0 Å². The van der Waals surface area contributed by atoms with Crippen LogP contribution in [0.2, 0.25) is 5.15 Å². The third-order valence-corrected chi connectivity index (χ3v) is 4.54. The molecule has 0 radical (unpaired) electrons. The van der Waals surface area contributed by atoms with E-state index in [9.17, 15) is 0 Å². The average Bonchev–Trinajstić information content (AvgIpc) is 3.08. The Hall–Kier alpha value is -1.36. The largest absolute Gasteiger partial charge is 0.353 e. The summed E-state index contributed by atoms with van der Waals surface area (Å²) in [7, 11) is 0. The SMILES string of the molecule is Cc1c(Cl)nc2ncnn2c1N(CC(C)C)C1CCCC1. The highest BCUT2D eigenvalue weighted by molar-refractivity contribution is 6.30. The second-order valence-corrected chi connectivity index (χ2v) is 6.67. The molecule has 5 nitrogen and oxygen atoms in total. The molecule has 2 aromatic rings. The van der Waals surface area contributed by atoms with E-state index < -0.39 is 0 Å². The molecule has 2 heterocycles. The third kappa shape index (κ3) is 2.71. The van der Waals surface area contributed by atoms with Gasteiger partial charge in [-0.2, -0.15) is 19.6 Å². The topological polar surface area (TPSA) is 46.3 Å². The third-order valence-electron chi connectivity index (χ3n) is 4.17. The van der Waals surface area contributed by atoms with Crippen LogP contribution in [0.15, 0.2) is 6.33 Å². The molecule has 1 fully saturated rings. The summed E-state index contributed by atoms with van der Waals surface area (Å²) in [5.41, 5.74) is 0.988. The zero-order valence-corrected chi connectivity index (χ0v) is 13.6. The van der Waals surface area contributed by atoms with Crippen molar-refractivity contribution < 1.29 is 0 Å². The van der Waals surface area contributed by atoms with Crippen molar-refractivity contribution in [3.63, 3.8) is 0 Å². The minimum Gasteiger partial charge on any atom is -0.353 e. The van der Waals surface area contributed by atoms with Crippen LogP contribution >= 0.6 is 11.6 Å². The van der Waals surface area contributed by atoms with Gasteiger partial charge in [0.05, 0.1) is 0 Å². The van der Waals surface area contributed by atoms with Gasteiger partial charge in [-0.05, 0) is 25.7 Å². The first kappa shape index (κ1) is 14.6. The highest BCUT2D eigenvalue weighted by Gasteiger charge is 2.28. The minimum absolute atomic E-state index is 0.525. The fraction of sp³-hybridized carbons (Fsp3) is 0.667.